The first kappa shape index (κ1) is 15.7. The number of nitrogens with one attached hydrogen (secondary N) is 2. The minimum Gasteiger partial charge on any atom is -0.480 e. The number of carbonyl (C=O) groups is 2. The van der Waals surface area contributed by atoms with Gasteiger partial charge in [-0.15, -0.1) is 6.58 Å². The van der Waals surface area contributed by atoms with Crippen LogP contribution in [-0.4, -0.2) is 29.6 Å². The van der Waals surface area contributed by atoms with Gasteiger partial charge in [-0.2, -0.15) is 5.26 Å². The lowest BCUT2D eigenvalue weighted by Gasteiger charge is -2.17. The maximum atomic E-state index is 11.7. The van der Waals surface area contributed by atoms with Crippen LogP contribution in [0.25, 0.3) is 0 Å². The van der Waals surface area contributed by atoms with Crippen molar-refractivity contribution in [2.75, 3.05) is 6.54 Å². The monoisotopic (exact) mass is 251 g/mol. The number of carbonyl (C=O) groups excluding carboxylic acids is 1. The molecule has 0 aromatic rings. The highest BCUT2D eigenvalue weighted by molar-refractivity contribution is 5.99. The molecular formula is C12H17N3O3. The summed E-state index contributed by atoms with van der Waals surface area (Å²) in [6, 6.07) is 0.684. The quantitative estimate of drug-likeness (QED) is 0.263. The molecule has 6 nitrogen and oxygen atoms in total. The van der Waals surface area contributed by atoms with Crippen LogP contribution in [0.1, 0.15) is 13.8 Å². The molecule has 6 heteroatoms. The Morgan fingerprint density at radius 1 is 1.50 bits per heavy atom. The highest BCUT2D eigenvalue weighted by Gasteiger charge is 2.24. The van der Waals surface area contributed by atoms with Crippen LogP contribution in [0.2, 0.25) is 0 Å². The Balaban J connectivity index is 4.71. The highest BCUT2D eigenvalue weighted by Crippen LogP contribution is 2.03. The molecule has 1 amide bonds. The number of carboxylic acids is 1. The second kappa shape index (κ2) is 7.90. The van der Waals surface area contributed by atoms with Crippen molar-refractivity contribution in [3.8, 4) is 6.07 Å². The average Bonchev–Trinajstić information content (AvgIpc) is 2.30. The van der Waals surface area contributed by atoms with Crippen molar-refractivity contribution in [3.05, 3.63) is 24.4 Å². The van der Waals surface area contributed by atoms with Crippen LogP contribution in [0.3, 0.4) is 0 Å². The van der Waals surface area contributed by atoms with Gasteiger partial charge in [-0.3, -0.25) is 4.79 Å². The maximum absolute atomic E-state index is 11.7. The molecule has 0 fully saturated rings. The molecular weight excluding hydrogens is 234 g/mol. The van der Waals surface area contributed by atoms with Crippen molar-refractivity contribution in [3.63, 3.8) is 0 Å². The van der Waals surface area contributed by atoms with Gasteiger partial charge in [-0.25, -0.2) is 4.79 Å². The molecule has 3 N–H and O–H groups in total. The summed E-state index contributed by atoms with van der Waals surface area (Å²) < 4.78 is 0. The molecule has 0 aliphatic rings. The summed E-state index contributed by atoms with van der Waals surface area (Å²) in [5.41, 5.74) is -0.177. The van der Waals surface area contributed by atoms with Gasteiger partial charge in [-0.1, -0.05) is 19.9 Å². The van der Waals surface area contributed by atoms with Crippen molar-refractivity contribution in [1.29, 1.82) is 5.26 Å². The average molecular weight is 251 g/mol. The number of carboxylic acid groups (broad SMARTS) is 1. The smallest absolute Gasteiger partial charge is 0.326 e. The minimum absolute atomic E-state index is 0.177. The number of nitriles is 1. The predicted molar refractivity (Wildman–Crippen MR) is 66.3 cm³/mol. The molecule has 0 heterocycles. The molecule has 0 rings (SSSR count). The van der Waals surface area contributed by atoms with E-state index in [9.17, 15) is 9.59 Å². The molecule has 0 spiro atoms. The van der Waals surface area contributed by atoms with Crippen LogP contribution in [-0.2, 0) is 9.59 Å². The molecule has 0 radical (unpaired) electrons. The lowest BCUT2D eigenvalue weighted by atomic mass is 10.0. The molecule has 1 unspecified atom stereocenters. The molecule has 0 aromatic carbocycles. The zero-order valence-electron chi connectivity index (χ0n) is 10.4. The van der Waals surface area contributed by atoms with Crippen molar-refractivity contribution >= 4 is 11.9 Å². The number of aliphatic carboxylic acids is 1. The highest BCUT2D eigenvalue weighted by atomic mass is 16.4. The topological polar surface area (TPSA) is 102 Å². The minimum atomic E-state index is -1.13. The van der Waals surface area contributed by atoms with Gasteiger partial charge in [0.15, 0.2) is 0 Å². The third kappa shape index (κ3) is 5.16. The summed E-state index contributed by atoms with van der Waals surface area (Å²) >= 11 is 0. The SMILES string of the molecule is C=CCN/C=C(/C#N)C(=O)NC(C(=O)O)C(C)C. The third-order valence-corrected chi connectivity index (χ3v) is 2.09. The third-order valence-electron chi connectivity index (χ3n) is 2.09. The van der Waals surface area contributed by atoms with Gasteiger partial charge in [-0.05, 0) is 5.92 Å². The number of rotatable bonds is 7. The largest absolute Gasteiger partial charge is 0.480 e. The van der Waals surface area contributed by atoms with Crippen LogP contribution >= 0.6 is 0 Å². The lowest BCUT2D eigenvalue weighted by molar-refractivity contribution is -0.142. The van der Waals surface area contributed by atoms with Gasteiger partial charge < -0.3 is 15.7 Å². The van der Waals surface area contributed by atoms with E-state index < -0.39 is 17.9 Å². The summed E-state index contributed by atoms with van der Waals surface area (Å²) in [6.45, 7) is 7.22. The maximum Gasteiger partial charge on any atom is 0.326 e. The van der Waals surface area contributed by atoms with Crippen molar-refractivity contribution in [1.82, 2.24) is 10.6 Å². The van der Waals surface area contributed by atoms with E-state index in [0.29, 0.717) is 6.54 Å². The first-order valence-electron chi connectivity index (χ1n) is 5.42. The summed E-state index contributed by atoms with van der Waals surface area (Å²) in [4.78, 5) is 22.6. The Morgan fingerprint density at radius 2 is 2.11 bits per heavy atom. The molecule has 1 atom stereocenters. The van der Waals surface area contributed by atoms with E-state index in [0.717, 1.165) is 0 Å². The summed E-state index contributed by atoms with van der Waals surface area (Å²) in [5.74, 6) is -2.11. The number of hydrogen-bond acceptors (Lipinski definition) is 4. The fraction of sp³-hybridized carbons (Fsp3) is 0.417. The predicted octanol–water partition coefficient (Wildman–Crippen LogP) is 0.395. The van der Waals surface area contributed by atoms with E-state index in [1.807, 2.05) is 0 Å². The van der Waals surface area contributed by atoms with Crippen LogP contribution in [0, 0.1) is 17.2 Å². The van der Waals surface area contributed by atoms with Crippen LogP contribution in [0.15, 0.2) is 24.4 Å². The molecule has 0 aliphatic carbocycles. The number of amides is 1. The van der Waals surface area contributed by atoms with E-state index in [1.165, 1.54) is 6.20 Å². The number of nitrogens with zero attached hydrogens (tertiary/aromatic N) is 1. The summed E-state index contributed by atoms with van der Waals surface area (Å²) in [5, 5.41) is 22.7. The van der Waals surface area contributed by atoms with Gasteiger partial charge in [0.05, 0.1) is 0 Å². The fourth-order valence-corrected chi connectivity index (χ4v) is 1.13. The van der Waals surface area contributed by atoms with E-state index in [2.05, 4.69) is 17.2 Å². The summed E-state index contributed by atoms with van der Waals surface area (Å²) in [7, 11) is 0. The summed E-state index contributed by atoms with van der Waals surface area (Å²) in [6.07, 6.45) is 2.80. The van der Waals surface area contributed by atoms with Gasteiger partial charge in [0.25, 0.3) is 5.91 Å². The molecule has 0 aliphatic heterocycles. The first-order chi connectivity index (χ1) is 8.43. The van der Waals surface area contributed by atoms with E-state index in [1.54, 1.807) is 26.0 Å². The Bertz CT molecular complexity index is 394. The Morgan fingerprint density at radius 3 is 2.50 bits per heavy atom. The van der Waals surface area contributed by atoms with Crippen LogP contribution in [0.5, 0.6) is 0 Å². The van der Waals surface area contributed by atoms with Crippen molar-refractivity contribution in [2.24, 2.45) is 5.92 Å². The van der Waals surface area contributed by atoms with E-state index >= 15 is 0 Å². The molecule has 0 aromatic heterocycles. The van der Waals surface area contributed by atoms with Crippen LogP contribution < -0.4 is 10.6 Å². The second-order valence-corrected chi connectivity index (χ2v) is 3.90. The second-order valence-electron chi connectivity index (χ2n) is 3.90. The van der Waals surface area contributed by atoms with Gasteiger partial charge in [0.1, 0.15) is 17.7 Å². The zero-order valence-corrected chi connectivity index (χ0v) is 10.4. The Labute approximate surface area is 106 Å². The molecule has 0 bridgehead atoms. The first-order valence-corrected chi connectivity index (χ1v) is 5.42. The lowest BCUT2D eigenvalue weighted by Crippen LogP contribution is -2.44. The van der Waals surface area contributed by atoms with Gasteiger partial charge in [0, 0.05) is 12.7 Å². The standard InChI is InChI=1S/C12H17N3O3/c1-4-5-14-7-9(6-13)11(16)15-10(8(2)3)12(17)18/h4,7-8,10,14H,1,5H2,2-3H3,(H,15,16)(H,17,18)/b9-7-. The van der Waals surface area contributed by atoms with Crippen LogP contribution in [0.4, 0.5) is 0 Å². The van der Waals surface area contributed by atoms with E-state index in [-0.39, 0.29) is 11.5 Å². The fourth-order valence-electron chi connectivity index (χ4n) is 1.13. The number of hydrogen-bond donors (Lipinski definition) is 3. The van der Waals surface area contributed by atoms with Crippen molar-refractivity contribution in [2.45, 2.75) is 19.9 Å². The Hall–Kier alpha value is -2.29. The van der Waals surface area contributed by atoms with Gasteiger partial charge in [0.2, 0.25) is 0 Å². The molecule has 0 saturated carbocycles. The molecule has 18 heavy (non-hydrogen) atoms. The zero-order chi connectivity index (χ0) is 14.1. The Kier molecular flexibility index (Phi) is 6.89. The normalized spacial score (nSPS) is 12.4. The van der Waals surface area contributed by atoms with E-state index in [4.69, 9.17) is 10.4 Å². The van der Waals surface area contributed by atoms with Gasteiger partial charge >= 0.3 is 5.97 Å². The molecule has 0 saturated heterocycles. The van der Waals surface area contributed by atoms with Crippen molar-refractivity contribution < 1.29 is 14.7 Å². The molecule has 98 valence electrons.